The van der Waals surface area contributed by atoms with Crippen LogP contribution in [0.15, 0.2) is 94.1 Å². The third-order valence-corrected chi connectivity index (χ3v) is 8.56. The zero-order chi connectivity index (χ0) is 23.0. The van der Waals surface area contributed by atoms with Gasteiger partial charge in [-0.05, 0) is 34.9 Å². The van der Waals surface area contributed by atoms with Crippen molar-refractivity contribution >= 4 is 70.1 Å². The highest BCUT2D eigenvalue weighted by Crippen LogP contribution is 2.33. The zero-order valence-corrected chi connectivity index (χ0v) is 22.1. The lowest BCUT2D eigenvalue weighted by molar-refractivity contribution is 0.828. The second-order valence-electron chi connectivity index (χ2n) is 6.97. The Morgan fingerprint density at radius 1 is 0.515 bits per heavy atom. The lowest BCUT2D eigenvalue weighted by Gasteiger charge is -2.09. The fourth-order valence-electron chi connectivity index (χ4n) is 2.89. The molecule has 2 nitrogen and oxygen atoms in total. The Bertz CT molecular complexity index is 1070. The van der Waals surface area contributed by atoms with E-state index in [9.17, 15) is 0 Å². The molecule has 0 unspecified atom stereocenters. The summed E-state index contributed by atoms with van der Waals surface area (Å²) in [6.45, 7) is 0. The molecular formula is C25H19Cl3N2S3. The van der Waals surface area contributed by atoms with E-state index in [0.717, 1.165) is 58.5 Å². The molecule has 0 saturated heterocycles. The largest absolute Gasteiger partial charge is 0.216 e. The SMILES string of the molecule is Clc1ccccc1CSc1cc(SCc2ccccc2Cl)nc(SCc2ccccc2Cl)n1. The molecule has 8 heteroatoms. The highest BCUT2D eigenvalue weighted by molar-refractivity contribution is 7.99. The number of benzene rings is 3. The van der Waals surface area contributed by atoms with Crippen molar-refractivity contribution in [1.29, 1.82) is 0 Å². The molecule has 0 amide bonds. The minimum Gasteiger partial charge on any atom is -0.216 e. The standard InChI is InChI=1S/C25H19Cl3N2S3/c26-20-10-4-1-7-17(20)14-31-23-13-24(32-15-18-8-2-5-11-21(18)27)30-25(29-23)33-16-19-9-3-6-12-22(19)28/h1-13H,14-16H2. The number of hydrogen-bond donors (Lipinski definition) is 0. The van der Waals surface area contributed by atoms with Crippen molar-refractivity contribution in [3.63, 3.8) is 0 Å². The zero-order valence-electron chi connectivity index (χ0n) is 17.4. The maximum Gasteiger partial charge on any atom is 0.190 e. The summed E-state index contributed by atoms with van der Waals surface area (Å²) < 4.78 is 0. The molecule has 4 aromatic rings. The van der Waals surface area contributed by atoms with Gasteiger partial charge < -0.3 is 0 Å². The van der Waals surface area contributed by atoms with Crippen molar-refractivity contribution in [2.45, 2.75) is 32.5 Å². The second kappa shape index (κ2) is 12.4. The highest BCUT2D eigenvalue weighted by Gasteiger charge is 2.11. The monoisotopic (exact) mass is 548 g/mol. The molecule has 0 spiro atoms. The first-order valence-electron chi connectivity index (χ1n) is 10.1. The highest BCUT2D eigenvalue weighted by atomic mass is 35.5. The number of thioether (sulfide) groups is 3. The molecular weight excluding hydrogens is 531 g/mol. The van der Waals surface area contributed by atoms with E-state index >= 15 is 0 Å². The summed E-state index contributed by atoms with van der Waals surface area (Å²) in [5.41, 5.74) is 3.23. The van der Waals surface area contributed by atoms with Crippen LogP contribution in [0.3, 0.4) is 0 Å². The van der Waals surface area contributed by atoms with Crippen molar-refractivity contribution in [2.75, 3.05) is 0 Å². The topological polar surface area (TPSA) is 25.8 Å². The summed E-state index contributed by atoms with van der Waals surface area (Å²) in [5, 5.41) is 4.83. The van der Waals surface area contributed by atoms with Crippen LogP contribution in [0.5, 0.6) is 0 Å². The minimum absolute atomic E-state index is 0.701. The van der Waals surface area contributed by atoms with Crippen LogP contribution in [0.25, 0.3) is 0 Å². The molecule has 33 heavy (non-hydrogen) atoms. The molecule has 0 radical (unpaired) electrons. The van der Waals surface area contributed by atoms with Gasteiger partial charge in [-0.25, -0.2) is 9.97 Å². The quantitative estimate of drug-likeness (QED) is 0.118. The number of aromatic nitrogens is 2. The van der Waals surface area contributed by atoms with E-state index < -0.39 is 0 Å². The van der Waals surface area contributed by atoms with Crippen molar-refractivity contribution in [2.24, 2.45) is 0 Å². The van der Waals surface area contributed by atoms with E-state index in [1.54, 1.807) is 35.3 Å². The van der Waals surface area contributed by atoms with E-state index in [1.807, 2.05) is 78.9 Å². The Hall–Kier alpha value is -1.34. The van der Waals surface area contributed by atoms with Crippen LogP contribution in [0.2, 0.25) is 15.1 Å². The van der Waals surface area contributed by atoms with E-state index in [4.69, 9.17) is 44.8 Å². The van der Waals surface area contributed by atoms with Gasteiger partial charge in [0.05, 0.1) is 0 Å². The minimum atomic E-state index is 0.701. The molecule has 4 rings (SSSR count). The van der Waals surface area contributed by atoms with Gasteiger partial charge in [0, 0.05) is 38.4 Å². The van der Waals surface area contributed by atoms with Crippen molar-refractivity contribution in [1.82, 2.24) is 9.97 Å². The second-order valence-corrected chi connectivity index (χ2v) is 11.1. The van der Waals surface area contributed by atoms with Gasteiger partial charge >= 0.3 is 0 Å². The van der Waals surface area contributed by atoms with Crippen LogP contribution >= 0.6 is 70.1 Å². The first-order valence-corrected chi connectivity index (χ1v) is 14.2. The molecule has 0 bridgehead atoms. The van der Waals surface area contributed by atoms with Crippen LogP contribution in [0, 0.1) is 0 Å². The predicted octanol–water partition coefficient (Wildman–Crippen LogP) is 9.31. The average molecular weight is 550 g/mol. The van der Waals surface area contributed by atoms with Crippen LogP contribution in [0.1, 0.15) is 16.7 Å². The number of rotatable bonds is 9. The molecule has 1 heterocycles. The molecule has 0 aliphatic rings. The van der Waals surface area contributed by atoms with Crippen LogP contribution in [-0.4, -0.2) is 9.97 Å². The van der Waals surface area contributed by atoms with E-state index in [1.165, 1.54) is 0 Å². The van der Waals surface area contributed by atoms with Gasteiger partial charge in [-0.3, -0.25) is 0 Å². The fourth-order valence-corrected chi connectivity index (χ4v) is 6.59. The maximum atomic E-state index is 6.34. The summed E-state index contributed by atoms with van der Waals surface area (Å²) in [7, 11) is 0. The van der Waals surface area contributed by atoms with Crippen LogP contribution in [0.4, 0.5) is 0 Å². The molecule has 0 fully saturated rings. The summed E-state index contributed by atoms with van der Waals surface area (Å²) in [5.74, 6) is 2.17. The molecule has 0 atom stereocenters. The Labute approximate surface area is 221 Å². The lowest BCUT2D eigenvalue weighted by atomic mass is 10.2. The Balaban J connectivity index is 1.52. The van der Waals surface area contributed by atoms with Gasteiger partial charge in [0.25, 0.3) is 0 Å². The molecule has 0 aliphatic carbocycles. The van der Waals surface area contributed by atoms with Crippen molar-refractivity contribution < 1.29 is 0 Å². The summed E-state index contributed by atoms with van der Waals surface area (Å²) in [6.07, 6.45) is 0. The summed E-state index contributed by atoms with van der Waals surface area (Å²) >= 11 is 23.9. The van der Waals surface area contributed by atoms with E-state index in [0.29, 0.717) is 5.75 Å². The Morgan fingerprint density at radius 3 is 1.27 bits per heavy atom. The third kappa shape index (κ3) is 7.32. The predicted molar refractivity (Wildman–Crippen MR) is 145 cm³/mol. The Morgan fingerprint density at radius 2 is 0.879 bits per heavy atom. The van der Waals surface area contributed by atoms with Gasteiger partial charge in [0.15, 0.2) is 5.16 Å². The molecule has 0 aliphatic heterocycles. The van der Waals surface area contributed by atoms with Crippen molar-refractivity contribution in [3.05, 3.63) is 111 Å². The van der Waals surface area contributed by atoms with Gasteiger partial charge in [0.2, 0.25) is 0 Å². The maximum absolute atomic E-state index is 6.34. The average Bonchev–Trinajstić information content (AvgIpc) is 2.82. The fraction of sp³-hybridized carbons (Fsp3) is 0.120. The summed E-state index contributed by atoms with van der Waals surface area (Å²) in [6, 6.07) is 25.6. The number of nitrogens with zero attached hydrogens (tertiary/aromatic N) is 2. The molecule has 0 N–H and O–H groups in total. The lowest BCUT2D eigenvalue weighted by Crippen LogP contribution is -1.94. The van der Waals surface area contributed by atoms with Gasteiger partial charge in [0.1, 0.15) is 10.1 Å². The first kappa shape index (κ1) is 24.8. The van der Waals surface area contributed by atoms with Gasteiger partial charge in [-0.2, -0.15) is 0 Å². The van der Waals surface area contributed by atoms with E-state index in [2.05, 4.69) is 0 Å². The molecule has 168 valence electrons. The van der Waals surface area contributed by atoms with Gasteiger partial charge in [-0.15, -0.1) is 23.5 Å². The van der Waals surface area contributed by atoms with E-state index in [-0.39, 0.29) is 0 Å². The van der Waals surface area contributed by atoms with Crippen LogP contribution < -0.4 is 0 Å². The molecule has 1 aromatic heterocycles. The third-order valence-electron chi connectivity index (χ3n) is 4.64. The summed E-state index contributed by atoms with van der Waals surface area (Å²) in [4.78, 5) is 9.57. The number of hydrogen-bond acceptors (Lipinski definition) is 5. The first-order chi connectivity index (χ1) is 16.1. The number of halogens is 3. The molecule has 3 aromatic carbocycles. The Kier molecular flexibility index (Phi) is 9.30. The van der Waals surface area contributed by atoms with Crippen LogP contribution in [-0.2, 0) is 17.3 Å². The van der Waals surface area contributed by atoms with Crippen molar-refractivity contribution in [3.8, 4) is 0 Å². The van der Waals surface area contributed by atoms with Gasteiger partial charge in [-0.1, -0.05) is 101 Å². The normalized spacial score (nSPS) is 11.0. The molecule has 0 saturated carbocycles. The smallest absolute Gasteiger partial charge is 0.190 e.